The molecule has 4 nitrogen and oxygen atoms in total. The molecule has 7 heteroatoms. The number of benzene rings is 2. The Labute approximate surface area is 156 Å². The first-order valence-corrected chi connectivity index (χ1v) is 8.61. The lowest BCUT2D eigenvalue weighted by atomic mass is 9.94. The molecule has 27 heavy (non-hydrogen) atoms. The van der Waals surface area contributed by atoms with E-state index >= 15 is 0 Å². The first-order chi connectivity index (χ1) is 12.8. The second-order valence-electron chi connectivity index (χ2n) is 6.81. The van der Waals surface area contributed by atoms with E-state index in [1.165, 1.54) is 30.3 Å². The standard InChI is InChI=1S/C20H21F3N2O2/c1-24(2)18-12-25(11-17(18)13-6-8-15(21)9-7-13)19(26)14-4-3-5-16(10-14)27-20(22)23/h3-10,17-18,20H,11-12H2,1-2H3/t17-,18+/m0/s1. The van der Waals surface area contributed by atoms with Gasteiger partial charge in [0.1, 0.15) is 11.6 Å². The van der Waals surface area contributed by atoms with Crippen LogP contribution in [0.3, 0.4) is 0 Å². The Hall–Kier alpha value is -2.54. The molecule has 1 saturated heterocycles. The molecule has 0 radical (unpaired) electrons. The first-order valence-electron chi connectivity index (χ1n) is 8.61. The number of carbonyl (C=O) groups excluding carboxylic acids is 1. The van der Waals surface area contributed by atoms with Crippen LogP contribution in [0, 0.1) is 5.82 Å². The maximum atomic E-state index is 13.2. The van der Waals surface area contributed by atoms with Crippen LogP contribution in [0.4, 0.5) is 13.2 Å². The van der Waals surface area contributed by atoms with Crippen LogP contribution in [0.5, 0.6) is 5.75 Å². The summed E-state index contributed by atoms with van der Waals surface area (Å²) >= 11 is 0. The third-order valence-corrected chi connectivity index (χ3v) is 4.84. The summed E-state index contributed by atoms with van der Waals surface area (Å²) in [4.78, 5) is 16.6. The van der Waals surface area contributed by atoms with Crippen LogP contribution < -0.4 is 4.74 Å². The zero-order valence-electron chi connectivity index (χ0n) is 15.1. The molecule has 1 fully saturated rings. The van der Waals surface area contributed by atoms with E-state index in [-0.39, 0.29) is 29.4 Å². The number of likely N-dealkylation sites (N-methyl/N-ethyl adjacent to an activating group) is 1. The molecular weight excluding hydrogens is 357 g/mol. The fourth-order valence-electron chi connectivity index (χ4n) is 3.50. The molecule has 0 aromatic heterocycles. The monoisotopic (exact) mass is 378 g/mol. The van der Waals surface area contributed by atoms with Crippen LogP contribution in [0.1, 0.15) is 21.8 Å². The van der Waals surface area contributed by atoms with Crippen molar-refractivity contribution in [1.82, 2.24) is 9.80 Å². The van der Waals surface area contributed by atoms with Crippen LogP contribution in [0.15, 0.2) is 48.5 Å². The minimum Gasteiger partial charge on any atom is -0.435 e. The third-order valence-electron chi connectivity index (χ3n) is 4.84. The Bertz CT molecular complexity index is 796. The van der Waals surface area contributed by atoms with Gasteiger partial charge in [-0.15, -0.1) is 0 Å². The fraction of sp³-hybridized carbons (Fsp3) is 0.350. The molecule has 1 heterocycles. The highest BCUT2D eigenvalue weighted by Crippen LogP contribution is 2.31. The molecular formula is C20H21F3N2O2. The van der Waals surface area contributed by atoms with Gasteiger partial charge in [0, 0.05) is 30.6 Å². The highest BCUT2D eigenvalue weighted by atomic mass is 19.3. The molecule has 0 aliphatic carbocycles. The second kappa shape index (κ2) is 8.00. The van der Waals surface area contributed by atoms with E-state index in [0.29, 0.717) is 18.7 Å². The van der Waals surface area contributed by atoms with E-state index in [4.69, 9.17) is 0 Å². The van der Waals surface area contributed by atoms with Crippen LogP contribution >= 0.6 is 0 Å². The number of likely N-dealkylation sites (tertiary alicyclic amines) is 1. The van der Waals surface area contributed by atoms with Crippen LogP contribution in [-0.2, 0) is 0 Å². The van der Waals surface area contributed by atoms with Gasteiger partial charge in [0.2, 0.25) is 0 Å². The summed E-state index contributed by atoms with van der Waals surface area (Å²) in [6, 6.07) is 12.2. The molecule has 0 bridgehead atoms. The number of alkyl halides is 2. The lowest BCUT2D eigenvalue weighted by molar-refractivity contribution is -0.0499. The number of rotatable bonds is 5. The molecule has 3 rings (SSSR count). The van der Waals surface area contributed by atoms with Crippen molar-refractivity contribution < 1.29 is 22.7 Å². The van der Waals surface area contributed by atoms with Crippen molar-refractivity contribution in [2.75, 3.05) is 27.2 Å². The lowest BCUT2D eigenvalue weighted by Gasteiger charge is -2.25. The maximum absolute atomic E-state index is 13.2. The van der Waals surface area contributed by atoms with E-state index < -0.39 is 6.61 Å². The highest BCUT2D eigenvalue weighted by Gasteiger charge is 2.37. The zero-order valence-corrected chi connectivity index (χ0v) is 15.1. The van der Waals surface area contributed by atoms with Gasteiger partial charge in [0.15, 0.2) is 0 Å². The smallest absolute Gasteiger partial charge is 0.387 e. The van der Waals surface area contributed by atoms with Gasteiger partial charge in [-0.1, -0.05) is 18.2 Å². The Kier molecular flexibility index (Phi) is 5.70. The SMILES string of the molecule is CN(C)[C@@H]1CN(C(=O)c2cccc(OC(F)F)c2)C[C@H]1c1ccc(F)cc1. The van der Waals surface area contributed by atoms with E-state index in [9.17, 15) is 18.0 Å². The van der Waals surface area contributed by atoms with Crippen molar-refractivity contribution in [3.63, 3.8) is 0 Å². The lowest BCUT2D eigenvalue weighted by Crippen LogP contribution is -2.35. The molecule has 2 atom stereocenters. The van der Waals surface area contributed by atoms with E-state index in [1.807, 2.05) is 19.0 Å². The molecule has 144 valence electrons. The third kappa shape index (κ3) is 4.42. The van der Waals surface area contributed by atoms with E-state index in [0.717, 1.165) is 5.56 Å². The number of ether oxygens (including phenoxy) is 1. The van der Waals surface area contributed by atoms with E-state index in [1.54, 1.807) is 23.1 Å². The minimum absolute atomic E-state index is 0.0325. The summed E-state index contributed by atoms with van der Waals surface area (Å²) in [5.74, 6) is -0.563. The van der Waals surface area contributed by atoms with Gasteiger partial charge in [-0.05, 0) is 50.0 Å². The van der Waals surface area contributed by atoms with Crippen molar-refractivity contribution in [2.24, 2.45) is 0 Å². The Morgan fingerprint density at radius 3 is 2.48 bits per heavy atom. The average molecular weight is 378 g/mol. The minimum atomic E-state index is -2.94. The molecule has 2 aromatic rings. The predicted molar refractivity (Wildman–Crippen MR) is 95.6 cm³/mol. The topological polar surface area (TPSA) is 32.8 Å². The molecule has 1 amide bonds. The number of hydrogen-bond acceptors (Lipinski definition) is 3. The molecule has 2 aromatic carbocycles. The Morgan fingerprint density at radius 1 is 1.15 bits per heavy atom. The quantitative estimate of drug-likeness (QED) is 0.797. The number of hydrogen-bond donors (Lipinski definition) is 0. The van der Waals surface area contributed by atoms with Gasteiger partial charge in [-0.3, -0.25) is 4.79 Å². The summed E-state index contributed by atoms with van der Waals surface area (Å²) in [7, 11) is 3.87. The fourth-order valence-corrected chi connectivity index (χ4v) is 3.50. The summed E-state index contributed by atoms with van der Waals surface area (Å²) < 4.78 is 42.4. The van der Waals surface area contributed by atoms with Crippen LogP contribution in [0.25, 0.3) is 0 Å². The number of halogens is 3. The van der Waals surface area contributed by atoms with Gasteiger partial charge in [-0.25, -0.2) is 4.39 Å². The maximum Gasteiger partial charge on any atom is 0.387 e. The van der Waals surface area contributed by atoms with Crippen LogP contribution in [-0.4, -0.2) is 55.5 Å². The summed E-state index contributed by atoms with van der Waals surface area (Å²) in [6.07, 6.45) is 0. The van der Waals surface area contributed by atoms with Gasteiger partial charge in [0.25, 0.3) is 5.91 Å². The number of amides is 1. The summed E-state index contributed by atoms with van der Waals surface area (Å²) in [5.41, 5.74) is 1.26. The first kappa shape index (κ1) is 19.2. The van der Waals surface area contributed by atoms with Gasteiger partial charge < -0.3 is 14.5 Å². The number of carbonyl (C=O) groups is 1. The molecule has 1 aliphatic heterocycles. The van der Waals surface area contributed by atoms with Gasteiger partial charge in [0.05, 0.1) is 0 Å². The van der Waals surface area contributed by atoms with Crippen molar-refractivity contribution in [3.8, 4) is 5.75 Å². The van der Waals surface area contributed by atoms with Gasteiger partial charge in [-0.2, -0.15) is 8.78 Å². The Balaban J connectivity index is 1.81. The second-order valence-corrected chi connectivity index (χ2v) is 6.81. The highest BCUT2D eigenvalue weighted by molar-refractivity contribution is 5.95. The molecule has 0 saturated carbocycles. The molecule has 0 N–H and O–H groups in total. The van der Waals surface area contributed by atoms with E-state index in [2.05, 4.69) is 4.74 Å². The zero-order chi connectivity index (χ0) is 19.6. The molecule has 0 unspecified atom stereocenters. The summed E-state index contributed by atoms with van der Waals surface area (Å²) in [6.45, 7) is -1.98. The van der Waals surface area contributed by atoms with Crippen molar-refractivity contribution in [3.05, 3.63) is 65.5 Å². The molecule has 0 spiro atoms. The Morgan fingerprint density at radius 2 is 1.85 bits per heavy atom. The normalized spacial score (nSPS) is 19.7. The predicted octanol–water partition coefficient (Wildman–Crippen LogP) is 3.60. The average Bonchev–Trinajstić information content (AvgIpc) is 3.07. The largest absolute Gasteiger partial charge is 0.435 e. The van der Waals surface area contributed by atoms with Gasteiger partial charge >= 0.3 is 6.61 Å². The molecule has 1 aliphatic rings. The number of nitrogens with zero attached hydrogens (tertiary/aromatic N) is 2. The van der Waals surface area contributed by atoms with Crippen molar-refractivity contribution in [2.45, 2.75) is 18.6 Å². The van der Waals surface area contributed by atoms with Crippen molar-refractivity contribution >= 4 is 5.91 Å². The van der Waals surface area contributed by atoms with Crippen LogP contribution in [0.2, 0.25) is 0 Å². The summed E-state index contributed by atoms with van der Waals surface area (Å²) in [5, 5.41) is 0. The van der Waals surface area contributed by atoms with Crippen molar-refractivity contribution in [1.29, 1.82) is 0 Å².